The maximum atomic E-state index is 13.9. The topological polar surface area (TPSA) is 53.1 Å². The molecule has 0 amide bonds. The Balaban J connectivity index is 2.20. The van der Waals surface area contributed by atoms with Gasteiger partial charge in [-0.25, -0.2) is 4.39 Å². The van der Waals surface area contributed by atoms with Crippen molar-refractivity contribution in [1.29, 1.82) is 5.41 Å². The number of anilines is 1. The second kappa shape index (κ2) is 5.18. The summed E-state index contributed by atoms with van der Waals surface area (Å²) in [6.45, 7) is 0.653. The van der Waals surface area contributed by atoms with Crippen molar-refractivity contribution in [3.63, 3.8) is 0 Å². The molecule has 0 fully saturated rings. The second-order valence-corrected chi connectivity index (χ2v) is 4.85. The number of hydrogen-bond acceptors (Lipinski definition) is 3. The minimum Gasteiger partial charge on any atom is -0.384 e. The second-order valence-electron chi connectivity index (χ2n) is 4.07. The molecular formula is C13H14FN3S. The molecule has 1 aromatic heterocycles. The highest BCUT2D eigenvalue weighted by atomic mass is 32.1. The minimum absolute atomic E-state index is 0.124. The molecule has 0 spiro atoms. The quantitative estimate of drug-likeness (QED) is 0.658. The fourth-order valence-corrected chi connectivity index (χ4v) is 2.39. The molecule has 2 aromatic rings. The molecule has 1 heterocycles. The lowest BCUT2D eigenvalue weighted by Crippen LogP contribution is -2.18. The number of halogens is 1. The van der Waals surface area contributed by atoms with Crippen LogP contribution in [0.5, 0.6) is 0 Å². The summed E-state index contributed by atoms with van der Waals surface area (Å²) in [5, 5.41) is 11.3. The molecule has 3 nitrogen and oxygen atoms in total. The summed E-state index contributed by atoms with van der Waals surface area (Å²) in [6.07, 6.45) is 0. The van der Waals surface area contributed by atoms with Gasteiger partial charge in [-0.05, 0) is 40.6 Å². The van der Waals surface area contributed by atoms with Crippen molar-refractivity contribution in [2.75, 3.05) is 11.9 Å². The first-order chi connectivity index (χ1) is 8.58. The van der Waals surface area contributed by atoms with Crippen LogP contribution >= 0.6 is 11.3 Å². The Morgan fingerprint density at radius 3 is 2.78 bits per heavy atom. The SMILES string of the molecule is CN(Cc1ccsc1)c1ccc(C(=N)N)cc1F. The molecule has 18 heavy (non-hydrogen) atoms. The molecule has 0 saturated carbocycles. The molecule has 3 N–H and O–H groups in total. The molecule has 0 atom stereocenters. The maximum Gasteiger partial charge on any atom is 0.147 e. The largest absolute Gasteiger partial charge is 0.384 e. The summed E-state index contributed by atoms with van der Waals surface area (Å²) in [7, 11) is 1.84. The summed E-state index contributed by atoms with van der Waals surface area (Å²) in [4.78, 5) is 1.83. The summed E-state index contributed by atoms with van der Waals surface area (Å²) in [5.74, 6) is -0.485. The molecule has 1 aromatic carbocycles. The highest BCUT2D eigenvalue weighted by molar-refractivity contribution is 7.07. The van der Waals surface area contributed by atoms with Gasteiger partial charge in [-0.15, -0.1) is 0 Å². The van der Waals surface area contributed by atoms with E-state index < -0.39 is 0 Å². The van der Waals surface area contributed by atoms with E-state index in [9.17, 15) is 4.39 Å². The Morgan fingerprint density at radius 1 is 1.44 bits per heavy atom. The van der Waals surface area contributed by atoms with Gasteiger partial charge in [-0.3, -0.25) is 5.41 Å². The van der Waals surface area contributed by atoms with Gasteiger partial charge in [0, 0.05) is 19.2 Å². The Labute approximate surface area is 109 Å². The zero-order valence-corrected chi connectivity index (χ0v) is 10.8. The summed E-state index contributed by atoms with van der Waals surface area (Å²) < 4.78 is 13.9. The van der Waals surface area contributed by atoms with Gasteiger partial charge >= 0.3 is 0 Å². The van der Waals surface area contributed by atoms with Crippen molar-refractivity contribution in [2.24, 2.45) is 5.73 Å². The molecule has 94 valence electrons. The first-order valence-electron chi connectivity index (χ1n) is 5.44. The Hall–Kier alpha value is -1.88. The molecule has 5 heteroatoms. The van der Waals surface area contributed by atoms with Gasteiger partial charge in [0.25, 0.3) is 0 Å². The van der Waals surface area contributed by atoms with Crippen molar-refractivity contribution in [3.05, 3.63) is 52.0 Å². The average Bonchev–Trinajstić information content (AvgIpc) is 2.81. The van der Waals surface area contributed by atoms with Gasteiger partial charge < -0.3 is 10.6 Å². The standard InChI is InChI=1S/C13H14FN3S/c1-17(7-9-4-5-18-8-9)12-3-2-10(13(15)16)6-11(12)14/h2-6,8H,7H2,1H3,(H3,15,16). The van der Waals surface area contributed by atoms with Crippen LogP contribution < -0.4 is 10.6 Å². The number of rotatable bonds is 4. The van der Waals surface area contributed by atoms with Gasteiger partial charge in [-0.2, -0.15) is 11.3 Å². The van der Waals surface area contributed by atoms with Crippen molar-refractivity contribution in [3.8, 4) is 0 Å². The van der Waals surface area contributed by atoms with E-state index in [1.807, 2.05) is 28.8 Å². The molecule has 0 saturated heterocycles. The summed E-state index contributed by atoms with van der Waals surface area (Å²) >= 11 is 1.62. The lowest BCUT2D eigenvalue weighted by molar-refractivity contribution is 0.622. The predicted octanol–water partition coefficient (Wildman–Crippen LogP) is 2.81. The van der Waals surface area contributed by atoms with Gasteiger partial charge in [0.1, 0.15) is 11.7 Å². The van der Waals surface area contributed by atoms with Gasteiger partial charge in [-0.1, -0.05) is 0 Å². The summed E-state index contributed by atoms with van der Waals surface area (Å²) in [5.41, 5.74) is 7.38. The number of nitrogens with two attached hydrogens (primary N) is 1. The average molecular weight is 263 g/mol. The van der Waals surface area contributed by atoms with Gasteiger partial charge in [0.2, 0.25) is 0 Å². The molecule has 2 rings (SSSR count). The molecule has 0 aliphatic carbocycles. The lowest BCUT2D eigenvalue weighted by Gasteiger charge is -2.19. The number of nitrogen functional groups attached to an aromatic ring is 1. The van der Waals surface area contributed by atoms with E-state index in [-0.39, 0.29) is 11.7 Å². The number of hydrogen-bond donors (Lipinski definition) is 2. The van der Waals surface area contributed by atoms with Crippen LogP contribution in [0.1, 0.15) is 11.1 Å². The molecule has 0 bridgehead atoms. The van der Waals surface area contributed by atoms with E-state index in [4.69, 9.17) is 11.1 Å². The smallest absolute Gasteiger partial charge is 0.147 e. The van der Waals surface area contributed by atoms with Crippen LogP contribution in [0.25, 0.3) is 0 Å². The Morgan fingerprint density at radius 2 is 2.22 bits per heavy atom. The number of amidine groups is 1. The van der Waals surface area contributed by atoms with Gasteiger partial charge in [0.05, 0.1) is 5.69 Å². The third kappa shape index (κ3) is 2.68. The van der Waals surface area contributed by atoms with Crippen LogP contribution in [0, 0.1) is 11.2 Å². The maximum absolute atomic E-state index is 13.9. The zero-order valence-electron chi connectivity index (χ0n) is 9.98. The van der Waals surface area contributed by atoms with Crippen LogP contribution in [-0.2, 0) is 6.54 Å². The predicted molar refractivity (Wildman–Crippen MR) is 73.8 cm³/mol. The molecule has 0 aliphatic heterocycles. The van der Waals surface area contributed by atoms with Crippen LogP contribution in [0.4, 0.5) is 10.1 Å². The van der Waals surface area contributed by atoms with Crippen molar-refractivity contribution in [2.45, 2.75) is 6.54 Å². The minimum atomic E-state index is -0.361. The van der Waals surface area contributed by atoms with Crippen LogP contribution in [0.2, 0.25) is 0 Å². The highest BCUT2D eigenvalue weighted by Crippen LogP contribution is 2.21. The van der Waals surface area contributed by atoms with E-state index in [2.05, 4.69) is 0 Å². The normalized spacial score (nSPS) is 10.3. The number of thiophene rings is 1. The van der Waals surface area contributed by atoms with E-state index in [1.54, 1.807) is 23.5 Å². The fourth-order valence-electron chi connectivity index (χ4n) is 1.73. The fraction of sp³-hybridized carbons (Fsp3) is 0.154. The summed E-state index contributed by atoms with van der Waals surface area (Å²) in [6, 6.07) is 6.62. The van der Waals surface area contributed by atoms with Crippen LogP contribution in [-0.4, -0.2) is 12.9 Å². The van der Waals surface area contributed by atoms with Crippen molar-refractivity contribution in [1.82, 2.24) is 0 Å². The number of nitrogens with zero attached hydrogens (tertiary/aromatic N) is 1. The van der Waals surface area contributed by atoms with Crippen LogP contribution in [0.3, 0.4) is 0 Å². The molecular weight excluding hydrogens is 249 g/mol. The van der Waals surface area contributed by atoms with E-state index in [0.29, 0.717) is 17.8 Å². The molecule has 0 radical (unpaired) electrons. The van der Waals surface area contributed by atoms with Gasteiger partial charge in [0.15, 0.2) is 0 Å². The molecule has 0 unspecified atom stereocenters. The van der Waals surface area contributed by atoms with E-state index >= 15 is 0 Å². The van der Waals surface area contributed by atoms with Crippen molar-refractivity contribution >= 4 is 22.9 Å². The van der Waals surface area contributed by atoms with Crippen molar-refractivity contribution < 1.29 is 4.39 Å². The zero-order chi connectivity index (χ0) is 13.1. The number of nitrogens with one attached hydrogen (secondary N) is 1. The first-order valence-corrected chi connectivity index (χ1v) is 6.38. The third-order valence-corrected chi connectivity index (χ3v) is 3.40. The Kier molecular flexibility index (Phi) is 3.62. The Bertz CT molecular complexity index is 551. The first kappa shape index (κ1) is 12.6. The monoisotopic (exact) mass is 263 g/mol. The third-order valence-electron chi connectivity index (χ3n) is 2.67. The van der Waals surface area contributed by atoms with E-state index in [1.165, 1.54) is 6.07 Å². The molecule has 0 aliphatic rings. The van der Waals surface area contributed by atoms with Crippen LogP contribution in [0.15, 0.2) is 35.0 Å². The highest BCUT2D eigenvalue weighted by Gasteiger charge is 2.10. The number of benzene rings is 1. The van der Waals surface area contributed by atoms with E-state index in [0.717, 1.165) is 5.56 Å². The lowest BCUT2D eigenvalue weighted by atomic mass is 10.1.